The van der Waals surface area contributed by atoms with Crippen molar-refractivity contribution in [3.05, 3.63) is 66.1 Å². The first kappa shape index (κ1) is 19.1. The zero-order valence-electron chi connectivity index (χ0n) is 16.2. The minimum Gasteiger partial charge on any atom is -0.366 e. The molecule has 3 aromatic rings. The van der Waals surface area contributed by atoms with Gasteiger partial charge in [0.25, 0.3) is 5.91 Å². The summed E-state index contributed by atoms with van der Waals surface area (Å²) in [5, 5.41) is 1.21. The molecule has 0 fully saturated rings. The van der Waals surface area contributed by atoms with E-state index in [4.69, 9.17) is 4.74 Å². The second-order valence-corrected chi connectivity index (χ2v) is 7.06. The Hall–Kier alpha value is -2.66. The van der Waals surface area contributed by atoms with E-state index in [1.807, 2.05) is 56.1 Å². The van der Waals surface area contributed by atoms with Crippen molar-refractivity contribution in [3.63, 3.8) is 0 Å². The molecule has 0 aliphatic heterocycles. The maximum atomic E-state index is 13.0. The van der Waals surface area contributed by atoms with Crippen LogP contribution >= 0.6 is 0 Å². The van der Waals surface area contributed by atoms with Crippen LogP contribution in [0, 0.1) is 0 Å². The Kier molecular flexibility index (Phi) is 6.24. The number of aromatic nitrogens is 2. The third kappa shape index (κ3) is 4.95. The molecule has 1 unspecified atom stereocenters. The Bertz CT molecular complexity index is 873. The molecule has 2 heterocycles. The Balaban J connectivity index is 1.75. The molecule has 0 aliphatic rings. The summed E-state index contributed by atoms with van der Waals surface area (Å²) in [4.78, 5) is 22.3. The van der Waals surface area contributed by atoms with Gasteiger partial charge in [-0.2, -0.15) is 0 Å². The van der Waals surface area contributed by atoms with Gasteiger partial charge in [0.15, 0.2) is 0 Å². The van der Waals surface area contributed by atoms with Crippen LogP contribution in [0.2, 0.25) is 0 Å². The molecule has 27 heavy (non-hydrogen) atoms. The van der Waals surface area contributed by atoms with Gasteiger partial charge in [-0.3, -0.25) is 9.78 Å². The van der Waals surface area contributed by atoms with Crippen molar-refractivity contribution < 1.29 is 9.53 Å². The van der Waals surface area contributed by atoms with Gasteiger partial charge in [-0.15, -0.1) is 0 Å². The van der Waals surface area contributed by atoms with E-state index in [2.05, 4.69) is 22.1 Å². The summed E-state index contributed by atoms with van der Waals surface area (Å²) in [6.07, 6.45) is 5.91. The van der Waals surface area contributed by atoms with Crippen molar-refractivity contribution in [2.24, 2.45) is 0 Å². The molecule has 0 spiro atoms. The van der Waals surface area contributed by atoms with Gasteiger partial charge in [-0.25, -0.2) is 0 Å². The molecule has 5 heteroatoms. The number of carbonyl (C=O) groups excluding carboxylic acids is 1. The monoisotopic (exact) mass is 365 g/mol. The first-order valence-electron chi connectivity index (χ1n) is 9.42. The van der Waals surface area contributed by atoms with E-state index < -0.39 is 6.10 Å². The standard InChI is InChI=1S/C22H27N3O2/c1-16(2)27-17(3)22(26)25(15-18-7-6-11-23-13-18)12-10-19-14-24-21-9-5-4-8-20(19)21/h4-9,11,13-14,16-17,24H,10,12,15H2,1-3H3. The zero-order valence-corrected chi connectivity index (χ0v) is 16.2. The van der Waals surface area contributed by atoms with E-state index in [1.54, 1.807) is 12.4 Å². The summed E-state index contributed by atoms with van der Waals surface area (Å²) in [5.41, 5.74) is 3.35. The Morgan fingerprint density at radius 1 is 1.19 bits per heavy atom. The Labute approximate surface area is 160 Å². The van der Waals surface area contributed by atoms with Gasteiger partial charge in [0.2, 0.25) is 0 Å². The highest BCUT2D eigenvalue weighted by molar-refractivity contribution is 5.83. The van der Waals surface area contributed by atoms with Crippen LogP contribution in [0.15, 0.2) is 55.0 Å². The molecule has 0 aliphatic carbocycles. The number of amides is 1. The summed E-state index contributed by atoms with van der Waals surface area (Å²) in [6, 6.07) is 12.1. The fourth-order valence-electron chi connectivity index (χ4n) is 3.30. The van der Waals surface area contributed by atoms with Gasteiger partial charge >= 0.3 is 0 Å². The number of hydrogen-bond acceptors (Lipinski definition) is 3. The van der Waals surface area contributed by atoms with Crippen LogP contribution in [0.3, 0.4) is 0 Å². The molecule has 1 atom stereocenters. The molecule has 0 radical (unpaired) electrons. The van der Waals surface area contributed by atoms with Crippen LogP contribution in [-0.4, -0.2) is 39.5 Å². The molecule has 1 N–H and O–H groups in total. The predicted molar refractivity (Wildman–Crippen MR) is 107 cm³/mol. The SMILES string of the molecule is CC(C)OC(C)C(=O)N(CCc1c[nH]c2ccccc12)Cc1cccnc1. The van der Waals surface area contributed by atoms with Crippen LogP contribution in [-0.2, 0) is 22.5 Å². The second-order valence-electron chi connectivity index (χ2n) is 7.06. The lowest BCUT2D eigenvalue weighted by Gasteiger charge is -2.27. The van der Waals surface area contributed by atoms with Gasteiger partial charge in [-0.1, -0.05) is 24.3 Å². The van der Waals surface area contributed by atoms with Crippen molar-refractivity contribution in [2.45, 2.75) is 45.9 Å². The number of pyridine rings is 1. The van der Waals surface area contributed by atoms with Crippen molar-refractivity contribution in [3.8, 4) is 0 Å². The van der Waals surface area contributed by atoms with E-state index in [0.717, 1.165) is 17.5 Å². The van der Waals surface area contributed by atoms with E-state index in [-0.39, 0.29) is 12.0 Å². The lowest BCUT2D eigenvalue weighted by molar-refractivity contribution is -0.145. The topological polar surface area (TPSA) is 58.2 Å². The molecule has 2 aromatic heterocycles. The van der Waals surface area contributed by atoms with Crippen LogP contribution in [0.1, 0.15) is 31.9 Å². The summed E-state index contributed by atoms with van der Waals surface area (Å²) in [7, 11) is 0. The third-order valence-corrected chi connectivity index (χ3v) is 4.56. The fourth-order valence-corrected chi connectivity index (χ4v) is 3.30. The third-order valence-electron chi connectivity index (χ3n) is 4.56. The van der Waals surface area contributed by atoms with E-state index in [1.165, 1.54) is 10.9 Å². The van der Waals surface area contributed by atoms with Crippen molar-refractivity contribution in [1.82, 2.24) is 14.9 Å². The highest BCUT2D eigenvalue weighted by Crippen LogP contribution is 2.19. The van der Waals surface area contributed by atoms with Crippen LogP contribution < -0.4 is 0 Å². The first-order valence-corrected chi connectivity index (χ1v) is 9.42. The number of hydrogen-bond donors (Lipinski definition) is 1. The molecular formula is C22H27N3O2. The Morgan fingerprint density at radius 3 is 2.74 bits per heavy atom. The van der Waals surface area contributed by atoms with Crippen molar-refractivity contribution in [1.29, 1.82) is 0 Å². The fraction of sp³-hybridized carbons (Fsp3) is 0.364. The van der Waals surface area contributed by atoms with Gasteiger partial charge in [-0.05, 0) is 50.5 Å². The number of nitrogens with one attached hydrogen (secondary N) is 1. The number of benzene rings is 1. The number of fused-ring (bicyclic) bond motifs is 1. The van der Waals surface area contributed by atoms with Crippen LogP contribution in [0.4, 0.5) is 0 Å². The molecule has 0 saturated heterocycles. The van der Waals surface area contributed by atoms with E-state index >= 15 is 0 Å². The van der Waals surface area contributed by atoms with Gasteiger partial charge < -0.3 is 14.6 Å². The van der Waals surface area contributed by atoms with Gasteiger partial charge in [0.1, 0.15) is 6.10 Å². The van der Waals surface area contributed by atoms with Gasteiger partial charge in [0.05, 0.1) is 6.10 Å². The summed E-state index contributed by atoms with van der Waals surface area (Å²) >= 11 is 0. The summed E-state index contributed by atoms with van der Waals surface area (Å²) in [6.45, 7) is 6.87. The Morgan fingerprint density at radius 2 is 2.00 bits per heavy atom. The molecule has 5 nitrogen and oxygen atoms in total. The normalized spacial score (nSPS) is 12.4. The molecule has 0 saturated carbocycles. The maximum absolute atomic E-state index is 13.0. The lowest BCUT2D eigenvalue weighted by atomic mass is 10.1. The van der Waals surface area contributed by atoms with E-state index in [9.17, 15) is 4.79 Å². The minimum absolute atomic E-state index is 0.00685. The summed E-state index contributed by atoms with van der Waals surface area (Å²) in [5.74, 6) is 0.00685. The highest BCUT2D eigenvalue weighted by atomic mass is 16.5. The number of carbonyl (C=O) groups is 1. The van der Waals surface area contributed by atoms with Crippen molar-refractivity contribution in [2.75, 3.05) is 6.54 Å². The van der Waals surface area contributed by atoms with E-state index in [0.29, 0.717) is 13.1 Å². The lowest BCUT2D eigenvalue weighted by Crippen LogP contribution is -2.40. The molecule has 0 bridgehead atoms. The zero-order chi connectivity index (χ0) is 19.2. The molecule has 142 valence electrons. The molecule has 3 rings (SSSR count). The summed E-state index contributed by atoms with van der Waals surface area (Å²) < 4.78 is 5.72. The second kappa shape index (κ2) is 8.82. The highest BCUT2D eigenvalue weighted by Gasteiger charge is 2.22. The van der Waals surface area contributed by atoms with Crippen molar-refractivity contribution >= 4 is 16.8 Å². The number of rotatable bonds is 8. The average Bonchev–Trinajstić information content (AvgIpc) is 3.08. The number of nitrogens with zero attached hydrogens (tertiary/aromatic N) is 2. The maximum Gasteiger partial charge on any atom is 0.251 e. The predicted octanol–water partition coefficient (Wildman–Crippen LogP) is 3.95. The number of para-hydroxylation sites is 1. The molecule has 1 aromatic carbocycles. The minimum atomic E-state index is -0.468. The molecular weight excluding hydrogens is 338 g/mol. The smallest absolute Gasteiger partial charge is 0.251 e. The largest absolute Gasteiger partial charge is 0.366 e. The van der Waals surface area contributed by atoms with Gasteiger partial charge in [0, 0.05) is 42.6 Å². The number of H-pyrrole nitrogens is 1. The number of aromatic amines is 1. The van der Waals surface area contributed by atoms with Crippen LogP contribution in [0.5, 0.6) is 0 Å². The molecule has 1 amide bonds. The first-order chi connectivity index (χ1) is 13.0. The quantitative estimate of drug-likeness (QED) is 0.658. The number of ether oxygens (including phenoxy) is 1. The average molecular weight is 365 g/mol. The van der Waals surface area contributed by atoms with Crippen LogP contribution in [0.25, 0.3) is 10.9 Å².